The molecular weight excluding hydrogens is 538 g/mol. The van der Waals surface area contributed by atoms with Crippen LogP contribution in [0.25, 0.3) is 0 Å². The number of halogens is 4. The molecule has 2 amide bonds. The van der Waals surface area contributed by atoms with Crippen molar-refractivity contribution in [3.8, 4) is 0 Å². The van der Waals surface area contributed by atoms with Crippen molar-refractivity contribution in [1.82, 2.24) is 10.2 Å². The van der Waals surface area contributed by atoms with Crippen LogP contribution in [-0.2, 0) is 29.0 Å². The van der Waals surface area contributed by atoms with E-state index < -0.39 is 11.6 Å². The van der Waals surface area contributed by atoms with Crippen LogP contribution >= 0.6 is 46.4 Å². The van der Waals surface area contributed by atoms with Crippen LogP contribution < -0.4 is 5.32 Å². The van der Waals surface area contributed by atoms with Crippen LogP contribution in [-0.4, -0.2) is 28.3 Å². The largest absolute Gasteiger partial charge is 0.350 e. The third kappa shape index (κ3) is 7.88. The zero-order valence-corrected chi connectivity index (χ0v) is 23.3. The van der Waals surface area contributed by atoms with Crippen LogP contribution in [0.3, 0.4) is 0 Å². The Balaban J connectivity index is 2.05. The molecular formula is C28H28Cl4N2O2. The fraction of sp³-hybridized carbons (Fsp3) is 0.286. The van der Waals surface area contributed by atoms with Crippen molar-refractivity contribution in [2.45, 2.75) is 51.7 Å². The molecule has 0 aliphatic rings. The lowest BCUT2D eigenvalue weighted by Gasteiger charge is -2.34. The van der Waals surface area contributed by atoms with E-state index in [4.69, 9.17) is 46.4 Å². The Morgan fingerprint density at radius 1 is 0.806 bits per heavy atom. The Kier molecular flexibility index (Phi) is 9.71. The number of hydrogen-bond acceptors (Lipinski definition) is 2. The molecule has 0 saturated heterocycles. The standard InChI is InChI=1S/C28H28Cl4N2O2/c1-28(2,3)33-27(36)25(15-18-8-5-4-6-9-18)34(17-19-12-13-23(31)24(32)14-19)26(35)16-20-21(29)10-7-11-22(20)30/h4-14,25H,15-17H2,1-3H3,(H,33,36)/t25-/m0/s1. The molecule has 0 spiro atoms. The maximum absolute atomic E-state index is 13.8. The normalized spacial score (nSPS) is 12.2. The van der Waals surface area contributed by atoms with Gasteiger partial charge in [-0.2, -0.15) is 0 Å². The molecule has 4 nitrogen and oxygen atoms in total. The number of amides is 2. The Hall–Kier alpha value is -2.24. The SMILES string of the molecule is CC(C)(C)NC(=O)[C@H](Cc1ccccc1)N(Cc1ccc(Cl)c(Cl)c1)C(=O)Cc1c(Cl)cccc1Cl. The number of carbonyl (C=O) groups excluding carboxylic acids is 2. The lowest BCUT2D eigenvalue weighted by Crippen LogP contribution is -2.54. The predicted octanol–water partition coefficient (Wildman–Crippen LogP) is 7.40. The third-order valence-electron chi connectivity index (χ3n) is 5.50. The van der Waals surface area contributed by atoms with Crippen molar-refractivity contribution >= 4 is 58.2 Å². The van der Waals surface area contributed by atoms with Crippen LogP contribution in [0, 0.1) is 0 Å². The van der Waals surface area contributed by atoms with Gasteiger partial charge in [0, 0.05) is 28.5 Å². The average Bonchev–Trinajstić information content (AvgIpc) is 2.80. The van der Waals surface area contributed by atoms with Gasteiger partial charge in [0.05, 0.1) is 16.5 Å². The quantitative estimate of drug-likeness (QED) is 0.309. The first kappa shape index (κ1) is 28.3. The fourth-order valence-electron chi connectivity index (χ4n) is 3.80. The number of nitrogens with zero attached hydrogens (tertiary/aromatic N) is 1. The van der Waals surface area contributed by atoms with Crippen molar-refractivity contribution in [2.75, 3.05) is 0 Å². The van der Waals surface area contributed by atoms with Crippen LogP contribution in [0.15, 0.2) is 66.7 Å². The van der Waals surface area contributed by atoms with Crippen LogP contribution in [0.1, 0.15) is 37.5 Å². The minimum atomic E-state index is -0.796. The molecule has 0 heterocycles. The van der Waals surface area contributed by atoms with Crippen LogP contribution in [0.5, 0.6) is 0 Å². The van der Waals surface area contributed by atoms with Crippen molar-refractivity contribution in [3.63, 3.8) is 0 Å². The highest BCUT2D eigenvalue weighted by molar-refractivity contribution is 6.42. The molecule has 1 N–H and O–H groups in total. The van der Waals surface area contributed by atoms with E-state index >= 15 is 0 Å². The lowest BCUT2D eigenvalue weighted by atomic mass is 9.99. The first-order valence-corrected chi connectivity index (χ1v) is 13.0. The van der Waals surface area contributed by atoms with Gasteiger partial charge in [0.15, 0.2) is 0 Å². The number of benzene rings is 3. The van der Waals surface area contributed by atoms with Gasteiger partial charge in [-0.05, 0) is 61.7 Å². The molecule has 0 bridgehead atoms. The number of hydrogen-bond donors (Lipinski definition) is 1. The van der Waals surface area contributed by atoms with Gasteiger partial charge in [-0.15, -0.1) is 0 Å². The Bertz CT molecular complexity index is 1210. The van der Waals surface area contributed by atoms with Gasteiger partial charge in [0.2, 0.25) is 11.8 Å². The monoisotopic (exact) mass is 564 g/mol. The summed E-state index contributed by atoms with van der Waals surface area (Å²) in [5.41, 5.74) is 1.69. The second-order valence-electron chi connectivity index (χ2n) is 9.59. The number of carbonyl (C=O) groups is 2. The van der Waals surface area contributed by atoms with Crippen molar-refractivity contribution in [1.29, 1.82) is 0 Å². The summed E-state index contributed by atoms with van der Waals surface area (Å²) < 4.78 is 0. The van der Waals surface area contributed by atoms with E-state index in [2.05, 4.69) is 5.32 Å². The summed E-state index contributed by atoms with van der Waals surface area (Å²) in [6.45, 7) is 5.85. The highest BCUT2D eigenvalue weighted by atomic mass is 35.5. The Morgan fingerprint density at radius 2 is 1.44 bits per heavy atom. The summed E-state index contributed by atoms with van der Waals surface area (Å²) in [4.78, 5) is 29.0. The molecule has 190 valence electrons. The molecule has 0 aromatic heterocycles. The summed E-state index contributed by atoms with van der Waals surface area (Å²) in [5, 5.41) is 4.60. The van der Waals surface area contributed by atoms with E-state index in [0.717, 1.165) is 11.1 Å². The summed E-state index contributed by atoms with van der Waals surface area (Å²) in [7, 11) is 0. The summed E-state index contributed by atoms with van der Waals surface area (Å²) in [6, 6.07) is 19.1. The fourth-order valence-corrected chi connectivity index (χ4v) is 4.65. The van der Waals surface area contributed by atoms with Gasteiger partial charge in [0.25, 0.3) is 0 Å². The summed E-state index contributed by atoms with van der Waals surface area (Å²) >= 11 is 25.1. The van der Waals surface area contributed by atoms with Gasteiger partial charge in [-0.25, -0.2) is 0 Å². The van der Waals surface area contributed by atoms with E-state index in [1.807, 2.05) is 51.1 Å². The smallest absolute Gasteiger partial charge is 0.243 e. The molecule has 0 aliphatic carbocycles. The second-order valence-corrected chi connectivity index (χ2v) is 11.2. The molecule has 8 heteroatoms. The van der Waals surface area contributed by atoms with Crippen molar-refractivity contribution in [3.05, 3.63) is 104 Å². The first-order chi connectivity index (χ1) is 16.9. The minimum absolute atomic E-state index is 0.0616. The molecule has 0 saturated carbocycles. The molecule has 1 atom stereocenters. The van der Waals surface area contributed by atoms with Crippen LogP contribution in [0.4, 0.5) is 0 Å². The van der Waals surface area contributed by atoms with Crippen LogP contribution in [0.2, 0.25) is 20.1 Å². The highest BCUT2D eigenvalue weighted by Crippen LogP contribution is 2.28. The van der Waals surface area contributed by atoms with E-state index in [0.29, 0.717) is 32.1 Å². The minimum Gasteiger partial charge on any atom is -0.350 e. The second kappa shape index (κ2) is 12.3. The van der Waals surface area contributed by atoms with E-state index in [-0.39, 0.29) is 24.8 Å². The topological polar surface area (TPSA) is 49.4 Å². The van der Waals surface area contributed by atoms with E-state index in [1.165, 1.54) is 0 Å². The maximum atomic E-state index is 13.8. The van der Waals surface area contributed by atoms with E-state index in [9.17, 15) is 9.59 Å². The molecule has 3 rings (SSSR count). The van der Waals surface area contributed by atoms with Gasteiger partial charge in [-0.3, -0.25) is 9.59 Å². The molecule has 3 aromatic carbocycles. The molecule has 0 aliphatic heterocycles. The van der Waals surface area contributed by atoms with E-state index in [1.54, 1.807) is 41.3 Å². The third-order valence-corrected chi connectivity index (χ3v) is 6.94. The molecule has 0 radical (unpaired) electrons. The highest BCUT2D eigenvalue weighted by Gasteiger charge is 2.32. The number of nitrogens with one attached hydrogen (secondary N) is 1. The average molecular weight is 566 g/mol. The molecule has 0 unspecified atom stereocenters. The zero-order valence-electron chi connectivity index (χ0n) is 20.3. The summed E-state index contributed by atoms with van der Waals surface area (Å²) in [5.74, 6) is -0.550. The molecule has 3 aromatic rings. The van der Waals surface area contributed by atoms with Gasteiger partial charge < -0.3 is 10.2 Å². The first-order valence-electron chi connectivity index (χ1n) is 11.5. The zero-order chi connectivity index (χ0) is 26.5. The number of rotatable bonds is 8. The van der Waals surface area contributed by atoms with Gasteiger partial charge in [0.1, 0.15) is 6.04 Å². The molecule has 0 fully saturated rings. The van der Waals surface area contributed by atoms with Crippen molar-refractivity contribution < 1.29 is 9.59 Å². The lowest BCUT2D eigenvalue weighted by molar-refractivity contribution is -0.141. The summed E-state index contributed by atoms with van der Waals surface area (Å²) in [6.07, 6.45) is 0.264. The Morgan fingerprint density at radius 3 is 2.03 bits per heavy atom. The Labute approximate surface area is 232 Å². The van der Waals surface area contributed by atoms with Gasteiger partial charge >= 0.3 is 0 Å². The van der Waals surface area contributed by atoms with Crippen molar-refractivity contribution in [2.24, 2.45) is 0 Å². The predicted molar refractivity (Wildman–Crippen MR) is 149 cm³/mol. The van der Waals surface area contributed by atoms with Gasteiger partial charge in [-0.1, -0.05) is 88.9 Å². The maximum Gasteiger partial charge on any atom is 0.243 e. The molecule has 36 heavy (non-hydrogen) atoms.